The molecule has 0 heterocycles. The molecule has 0 unspecified atom stereocenters. The van der Waals surface area contributed by atoms with E-state index in [2.05, 4.69) is 0 Å². The molecule has 0 spiro atoms. The van der Waals surface area contributed by atoms with Gasteiger partial charge in [0.15, 0.2) is 17.3 Å². The fraction of sp³-hybridized carbons (Fsp3) is 0.438. The summed E-state index contributed by atoms with van der Waals surface area (Å²) in [5, 5.41) is 19.7. The molecule has 0 aliphatic carbocycles. The van der Waals surface area contributed by atoms with Gasteiger partial charge in [0.1, 0.15) is 6.61 Å². The number of hydrogen-bond donors (Lipinski definition) is 2. The van der Waals surface area contributed by atoms with Crippen molar-refractivity contribution in [2.45, 2.75) is 34.1 Å². The minimum Gasteiger partial charge on any atom is -0.504 e. The highest BCUT2D eigenvalue weighted by atomic mass is 16.5. The van der Waals surface area contributed by atoms with Crippen LogP contribution in [0.15, 0.2) is 23.8 Å². The molecule has 110 valence electrons. The number of Topliss-reactive ketones (excluding diaryl/α,β-unsaturated/α-hetero) is 1. The molecule has 0 aliphatic rings. The van der Waals surface area contributed by atoms with Gasteiger partial charge in [-0.2, -0.15) is 0 Å². The van der Waals surface area contributed by atoms with Crippen LogP contribution in [0, 0.1) is 5.92 Å². The number of aromatic hydroxyl groups is 2. The molecule has 0 bridgehead atoms. The van der Waals surface area contributed by atoms with Crippen LogP contribution in [0.2, 0.25) is 0 Å². The number of hydrogen-bond acceptors (Lipinski definition) is 4. The second-order valence-corrected chi connectivity index (χ2v) is 5.46. The van der Waals surface area contributed by atoms with Crippen molar-refractivity contribution in [3.63, 3.8) is 0 Å². The molecule has 0 aliphatic heterocycles. The fourth-order valence-electron chi connectivity index (χ4n) is 1.69. The molecule has 20 heavy (non-hydrogen) atoms. The first-order valence-corrected chi connectivity index (χ1v) is 6.66. The molecule has 1 aromatic carbocycles. The zero-order valence-electron chi connectivity index (χ0n) is 12.4. The minimum absolute atomic E-state index is 0.00333. The van der Waals surface area contributed by atoms with Crippen molar-refractivity contribution in [3.05, 3.63) is 29.3 Å². The number of phenolic OH excluding ortho intramolecular Hbond substituents is 2. The summed E-state index contributed by atoms with van der Waals surface area (Å²) >= 11 is 0. The second kappa shape index (κ2) is 6.98. The third kappa shape index (κ3) is 4.61. The molecule has 0 aromatic heterocycles. The lowest BCUT2D eigenvalue weighted by Crippen LogP contribution is -2.04. The summed E-state index contributed by atoms with van der Waals surface area (Å²) in [5.74, 6) is -0.330. The summed E-state index contributed by atoms with van der Waals surface area (Å²) in [5.41, 5.74) is 1.37. The van der Waals surface area contributed by atoms with E-state index in [1.807, 2.05) is 33.8 Å². The number of benzene rings is 1. The Balaban J connectivity index is 2.91. The van der Waals surface area contributed by atoms with Crippen molar-refractivity contribution >= 4 is 5.78 Å². The largest absolute Gasteiger partial charge is 0.504 e. The molecule has 0 atom stereocenters. The van der Waals surface area contributed by atoms with Gasteiger partial charge in [0.25, 0.3) is 0 Å². The van der Waals surface area contributed by atoms with Gasteiger partial charge in [-0.1, -0.05) is 19.4 Å². The number of allylic oxidation sites excluding steroid dienone is 1. The van der Waals surface area contributed by atoms with Crippen LogP contribution >= 0.6 is 0 Å². The van der Waals surface area contributed by atoms with Crippen molar-refractivity contribution in [1.29, 1.82) is 0 Å². The van der Waals surface area contributed by atoms with Gasteiger partial charge in [0.05, 0.1) is 0 Å². The Labute approximate surface area is 119 Å². The minimum atomic E-state index is -0.223. The summed E-state index contributed by atoms with van der Waals surface area (Å²) in [4.78, 5) is 11.9. The maximum absolute atomic E-state index is 11.9. The Kier molecular flexibility index (Phi) is 5.62. The van der Waals surface area contributed by atoms with Gasteiger partial charge in [-0.3, -0.25) is 4.79 Å². The van der Waals surface area contributed by atoms with Gasteiger partial charge in [0, 0.05) is 12.0 Å². The quantitative estimate of drug-likeness (QED) is 0.615. The van der Waals surface area contributed by atoms with Gasteiger partial charge < -0.3 is 14.9 Å². The lowest BCUT2D eigenvalue weighted by molar-refractivity contribution is 0.0967. The average Bonchev–Trinajstić information content (AvgIpc) is 2.31. The Morgan fingerprint density at radius 2 is 1.80 bits per heavy atom. The number of ketones is 1. The number of carbonyl (C=O) groups excluding carboxylic acids is 1. The lowest BCUT2D eigenvalue weighted by Gasteiger charge is -2.11. The Hall–Kier alpha value is -1.97. The van der Waals surface area contributed by atoms with Crippen LogP contribution < -0.4 is 4.74 Å². The Morgan fingerprint density at radius 3 is 2.25 bits per heavy atom. The molecule has 4 heteroatoms. The number of carbonyl (C=O) groups is 1. The maximum Gasteiger partial charge on any atom is 0.203 e. The van der Waals surface area contributed by atoms with E-state index in [0.29, 0.717) is 12.0 Å². The molecule has 0 fully saturated rings. The van der Waals surface area contributed by atoms with Gasteiger partial charge in [-0.25, -0.2) is 0 Å². The van der Waals surface area contributed by atoms with Gasteiger partial charge in [-0.15, -0.1) is 0 Å². The van der Waals surface area contributed by atoms with E-state index in [1.165, 1.54) is 12.1 Å². The molecular weight excluding hydrogens is 256 g/mol. The van der Waals surface area contributed by atoms with Crippen LogP contribution in [0.1, 0.15) is 44.5 Å². The van der Waals surface area contributed by atoms with E-state index in [0.717, 1.165) is 5.57 Å². The second-order valence-electron chi connectivity index (χ2n) is 5.46. The van der Waals surface area contributed by atoms with Crippen molar-refractivity contribution in [1.82, 2.24) is 0 Å². The first-order chi connectivity index (χ1) is 9.31. The summed E-state index contributed by atoms with van der Waals surface area (Å²) in [6, 6.07) is 2.67. The van der Waals surface area contributed by atoms with Crippen LogP contribution in [0.3, 0.4) is 0 Å². The molecule has 1 aromatic rings. The highest BCUT2D eigenvalue weighted by molar-refractivity contribution is 5.97. The molecular formula is C16H22O4. The molecule has 1 rings (SSSR count). The topological polar surface area (TPSA) is 66.8 Å². The fourth-order valence-corrected chi connectivity index (χ4v) is 1.69. The van der Waals surface area contributed by atoms with Crippen LogP contribution in [-0.2, 0) is 0 Å². The van der Waals surface area contributed by atoms with Crippen molar-refractivity contribution < 1.29 is 19.7 Å². The van der Waals surface area contributed by atoms with Crippen molar-refractivity contribution in [2.24, 2.45) is 5.92 Å². The van der Waals surface area contributed by atoms with E-state index in [1.54, 1.807) is 0 Å². The maximum atomic E-state index is 11.9. The monoisotopic (exact) mass is 278 g/mol. The highest BCUT2D eigenvalue weighted by Gasteiger charge is 2.16. The summed E-state index contributed by atoms with van der Waals surface area (Å²) < 4.78 is 5.31. The SMILES string of the molecule is CC(C)=CCOc1c(O)cc(C(=O)CC(C)C)cc1O. The summed E-state index contributed by atoms with van der Waals surface area (Å²) in [7, 11) is 0. The van der Waals surface area contributed by atoms with Crippen molar-refractivity contribution in [3.8, 4) is 17.2 Å². The summed E-state index contributed by atoms with van der Waals surface area (Å²) in [6.07, 6.45) is 2.20. The van der Waals surface area contributed by atoms with Crippen LogP contribution in [0.4, 0.5) is 0 Å². The van der Waals surface area contributed by atoms with E-state index >= 15 is 0 Å². The molecule has 0 saturated carbocycles. The Bertz CT molecular complexity index is 488. The number of rotatable bonds is 6. The molecule has 0 amide bonds. The van der Waals surface area contributed by atoms with Crippen LogP contribution in [0.25, 0.3) is 0 Å². The summed E-state index contributed by atoms with van der Waals surface area (Å²) in [6.45, 7) is 7.99. The van der Waals surface area contributed by atoms with E-state index in [9.17, 15) is 15.0 Å². The highest BCUT2D eigenvalue weighted by Crippen LogP contribution is 2.37. The van der Waals surface area contributed by atoms with E-state index < -0.39 is 0 Å². The van der Waals surface area contributed by atoms with E-state index in [4.69, 9.17) is 4.74 Å². The number of ether oxygens (including phenoxy) is 1. The first kappa shape index (κ1) is 16.1. The normalized spacial score (nSPS) is 10.4. The standard InChI is InChI=1S/C16H22O4/c1-10(2)5-6-20-16-14(18)8-12(9-15(16)19)13(17)7-11(3)4/h5,8-9,11,18-19H,6-7H2,1-4H3. The number of phenols is 2. The smallest absolute Gasteiger partial charge is 0.203 e. The predicted molar refractivity (Wildman–Crippen MR) is 78.5 cm³/mol. The van der Waals surface area contributed by atoms with Gasteiger partial charge in [0.2, 0.25) is 5.75 Å². The average molecular weight is 278 g/mol. The predicted octanol–water partition coefficient (Wildman–Crippen LogP) is 3.67. The molecule has 4 nitrogen and oxygen atoms in total. The Morgan fingerprint density at radius 1 is 1.25 bits per heavy atom. The molecule has 0 saturated heterocycles. The lowest BCUT2D eigenvalue weighted by atomic mass is 10.0. The van der Waals surface area contributed by atoms with Crippen LogP contribution in [-0.4, -0.2) is 22.6 Å². The van der Waals surface area contributed by atoms with Crippen LogP contribution in [0.5, 0.6) is 17.2 Å². The van der Waals surface area contributed by atoms with Gasteiger partial charge in [-0.05, 0) is 38.0 Å². The van der Waals surface area contributed by atoms with Crippen molar-refractivity contribution in [2.75, 3.05) is 6.61 Å². The van der Waals surface area contributed by atoms with E-state index in [-0.39, 0.29) is 35.6 Å². The third-order valence-electron chi connectivity index (χ3n) is 2.68. The third-order valence-corrected chi connectivity index (χ3v) is 2.68. The molecule has 0 radical (unpaired) electrons. The molecule has 2 N–H and O–H groups in total. The first-order valence-electron chi connectivity index (χ1n) is 6.66. The zero-order chi connectivity index (χ0) is 15.3. The zero-order valence-corrected chi connectivity index (χ0v) is 12.4. The van der Waals surface area contributed by atoms with Gasteiger partial charge >= 0.3 is 0 Å².